The van der Waals surface area contributed by atoms with Crippen molar-refractivity contribution in [2.75, 3.05) is 7.11 Å². The Hall–Kier alpha value is -9.35. The number of aromatic nitrogens is 7. The summed E-state index contributed by atoms with van der Waals surface area (Å²) in [6, 6.07) is 54.6. The molecule has 7 heterocycles. The van der Waals surface area contributed by atoms with E-state index < -0.39 is 0 Å². The number of pyridine rings is 7. The van der Waals surface area contributed by atoms with Gasteiger partial charge in [0.15, 0.2) is 11.4 Å². The first-order chi connectivity index (χ1) is 62.5. The minimum absolute atomic E-state index is 0.0220. The molecule has 0 aliphatic carbocycles. The first-order valence-electron chi connectivity index (χ1n) is 48.8. The Morgan fingerprint density at radius 2 is 0.705 bits per heavy atom. The third-order valence-corrected chi connectivity index (χ3v) is 15.6. The van der Waals surface area contributed by atoms with Crippen molar-refractivity contribution in [3.8, 4) is 11.9 Å². The third-order valence-electron chi connectivity index (χ3n) is 15.0. The Bertz CT molecular complexity index is 4100. The number of methoxy groups -OCH3 is 1. The Morgan fingerprint density at radius 3 is 1.02 bits per heavy atom. The van der Waals surface area contributed by atoms with Gasteiger partial charge in [0.2, 0.25) is 11.4 Å². The molecule has 740 valence electrons. The van der Waals surface area contributed by atoms with Crippen LogP contribution in [0.4, 0.5) is 11.4 Å². The Kier molecular flexibility index (Phi) is 112. The number of ether oxygens (including phenoxy) is 1. The van der Waals surface area contributed by atoms with Gasteiger partial charge in [0.1, 0.15) is 15.5 Å². The van der Waals surface area contributed by atoms with Crippen molar-refractivity contribution in [2.24, 2.45) is 0 Å². The molecular formula is C117H189Cl3N10O2. The molecule has 0 aliphatic heterocycles. The van der Waals surface area contributed by atoms with Crippen molar-refractivity contribution in [3.63, 3.8) is 0 Å². The van der Waals surface area contributed by atoms with Crippen molar-refractivity contribution in [1.82, 2.24) is 34.9 Å². The number of rotatable bonds is 11. The molecule has 1 N–H and O–H groups in total. The summed E-state index contributed by atoms with van der Waals surface area (Å²) >= 11 is 17.1. The van der Waals surface area contributed by atoms with Crippen LogP contribution in [0.3, 0.4) is 0 Å². The van der Waals surface area contributed by atoms with Crippen molar-refractivity contribution in [1.29, 1.82) is 5.26 Å². The number of benzene rings is 3. The molecular weight excluding hydrogens is 1680 g/mol. The monoisotopic (exact) mass is 1870 g/mol. The number of halogens is 3. The van der Waals surface area contributed by atoms with Crippen molar-refractivity contribution in [2.45, 2.75) is 400 Å². The maximum absolute atomic E-state index is 10.7. The molecule has 0 spiro atoms. The van der Waals surface area contributed by atoms with E-state index in [4.69, 9.17) is 57.9 Å². The number of hydrogen-bond acceptors (Lipinski definition) is 9. The van der Waals surface area contributed by atoms with Crippen LogP contribution in [0.25, 0.3) is 9.69 Å². The molecule has 0 unspecified atom stereocenters. The molecule has 0 saturated heterocycles. The Morgan fingerprint density at radius 1 is 0.333 bits per heavy atom. The minimum atomic E-state index is -0.0220. The van der Waals surface area contributed by atoms with E-state index in [0.717, 1.165) is 39.3 Å². The maximum atomic E-state index is 10.7. The number of hydrogen-bond donors (Lipinski definition) is 1. The quantitative estimate of drug-likeness (QED) is 0.0985. The molecule has 0 radical (unpaired) electrons. The zero-order chi connectivity index (χ0) is 104. The summed E-state index contributed by atoms with van der Waals surface area (Å²) in [5.74, 6) is 5.88. The van der Waals surface area contributed by atoms with Crippen LogP contribution in [0.2, 0.25) is 15.5 Å². The number of aromatic amines is 1. The average molecular weight is 1870 g/mol. The third kappa shape index (κ3) is 93.9. The Balaban J connectivity index is -0.000000151. The van der Waals surface area contributed by atoms with Crippen molar-refractivity contribution < 1.29 is 4.74 Å². The van der Waals surface area contributed by atoms with E-state index in [0.29, 0.717) is 80.5 Å². The molecule has 0 saturated carbocycles. The van der Waals surface area contributed by atoms with Gasteiger partial charge in [0.25, 0.3) is 0 Å². The van der Waals surface area contributed by atoms with E-state index >= 15 is 0 Å². The highest BCUT2D eigenvalue weighted by atomic mass is 35.5. The fourth-order valence-corrected chi connectivity index (χ4v) is 9.14. The van der Waals surface area contributed by atoms with E-state index in [9.17, 15) is 4.79 Å². The zero-order valence-corrected chi connectivity index (χ0v) is 93.3. The second-order valence-electron chi connectivity index (χ2n) is 33.6. The summed E-state index contributed by atoms with van der Waals surface area (Å²) in [6.45, 7) is 98.6. The largest absolute Gasteiger partial charge is 0.481 e. The summed E-state index contributed by atoms with van der Waals surface area (Å²) < 4.78 is 4.99. The molecule has 10 aromatic rings. The number of nitrogens with one attached hydrogen (secondary N) is 1. The van der Waals surface area contributed by atoms with Gasteiger partial charge in [-0.3, -0.25) is 19.7 Å². The van der Waals surface area contributed by atoms with Crippen LogP contribution < -0.4 is 10.3 Å². The van der Waals surface area contributed by atoms with E-state index in [-0.39, 0.29) is 5.56 Å². The molecule has 3 aromatic carbocycles. The van der Waals surface area contributed by atoms with Gasteiger partial charge >= 0.3 is 0 Å². The summed E-state index contributed by atoms with van der Waals surface area (Å²) in [6.07, 6.45) is 26.9. The number of H-pyrrole nitrogens is 1. The average Bonchev–Trinajstić information content (AvgIpc) is 0.897. The molecule has 0 aliphatic rings. The standard InChI is InChI=1S/3C10H11N.C9H13NO.C8H9Cl2N.C8H10ClN.C8H11NO.3C8H11N.10C3H8/c1-8(2)9-4-6-10(11-3)7-5-9;1-8(2)9-5-4-6-10(7-9)11-3;1-8(2)10-6-4-3-5-9(10)7-11;1-7(2)8-4-5-10-9(6-8)11-3;1-5(2)6-3-7(9)11-8(10)4-6;1-6(2)7-3-4-10-8(9)5-7;1-6(2)7-3-4-9-8(10)5-7;1-7(2)8-3-5-9-6-4-8;1-7(2)8-4-3-5-9-6-8;1-7(2)8-5-3-4-6-9-8;10*1-3-2/h2*4-8H,1-2H3;3-6,8H,1-2H3;4-7H,1-3H3;3-5H,1-2H3;3-6H,1-2H3;3-6H,1-2H3,(H,9,10);3*3-7H,1-2H3;10*3H2,1-2H3. The van der Waals surface area contributed by atoms with Gasteiger partial charge in [-0.1, -0.05) is 460 Å². The lowest BCUT2D eigenvalue weighted by Crippen LogP contribution is -2.04. The van der Waals surface area contributed by atoms with Crippen LogP contribution in [0, 0.1) is 24.5 Å². The molecule has 0 bridgehead atoms. The van der Waals surface area contributed by atoms with Crippen LogP contribution in [0.5, 0.6) is 5.88 Å². The van der Waals surface area contributed by atoms with Gasteiger partial charge in [-0.05, 0) is 176 Å². The van der Waals surface area contributed by atoms with E-state index in [1.165, 1.54) is 97.6 Å². The first kappa shape index (κ1) is 143. The van der Waals surface area contributed by atoms with E-state index in [1.54, 1.807) is 38.0 Å². The molecule has 0 amide bonds. The van der Waals surface area contributed by atoms with Gasteiger partial charge in [-0.2, -0.15) is 5.26 Å². The minimum Gasteiger partial charge on any atom is -0.481 e. The highest BCUT2D eigenvalue weighted by Gasteiger charge is 2.07. The highest BCUT2D eigenvalue weighted by Crippen LogP contribution is 2.25. The van der Waals surface area contributed by atoms with Gasteiger partial charge in [0.05, 0.1) is 31.9 Å². The van der Waals surface area contributed by atoms with Crippen LogP contribution in [-0.2, 0) is 0 Å². The smallest absolute Gasteiger partial charge is 0.248 e. The molecule has 10 rings (SSSR count). The summed E-state index contributed by atoms with van der Waals surface area (Å²) in [7, 11) is 1.63. The highest BCUT2D eigenvalue weighted by molar-refractivity contribution is 6.32. The van der Waals surface area contributed by atoms with Crippen LogP contribution in [0.1, 0.15) is 462 Å². The zero-order valence-electron chi connectivity index (χ0n) is 91.0. The second kappa shape index (κ2) is 104. The topological polar surface area (TPSA) is 152 Å². The van der Waals surface area contributed by atoms with Gasteiger partial charge in [-0.15, -0.1) is 0 Å². The fourth-order valence-electron chi connectivity index (χ4n) is 8.48. The maximum Gasteiger partial charge on any atom is 0.248 e. The predicted molar refractivity (Wildman–Crippen MR) is 591 cm³/mol. The van der Waals surface area contributed by atoms with Crippen LogP contribution in [0.15, 0.2) is 218 Å². The predicted octanol–water partition coefficient (Wildman–Crippen LogP) is 40.3. The summed E-state index contributed by atoms with van der Waals surface area (Å²) in [5, 5.41) is 10.2. The number of nitrogens with zero attached hydrogens (tertiary/aromatic N) is 9. The van der Waals surface area contributed by atoms with Crippen molar-refractivity contribution >= 4 is 46.2 Å². The molecule has 7 aromatic heterocycles. The summed E-state index contributed by atoms with van der Waals surface area (Å²) in [5.41, 5.74) is 14.4. The molecule has 0 atom stereocenters. The summed E-state index contributed by atoms with van der Waals surface area (Å²) in [4.78, 5) is 43.9. The fraction of sp³-hybridized carbons (Fsp3) is 0.521. The first-order valence-corrected chi connectivity index (χ1v) is 49.9. The lowest BCUT2D eigenvalue weighted by molar-refractivity contribution is 0.397. The normalized spacial score (nSPS) is 9.14. The SMILES string of the molecule is CC(C)c1cc(Cl)nc(Cl)c1.CC(C)c1cc[nH]c(=O)c1.CC(C)c1ccccc1C#N.CC(C)c1ccccn1.CC(C)c1cccnc1.CC(C)c1ccnc(Cl)c1.CC(C)c1ccncc1.CCC.CCC.CCC.CCC.CCC.CCC.CCC.CCC.CCC.CCC.COc1cc(C(C)C)ccn1.[C-]#[N+]c1ccc(C(C)C)cc1.[C-]#[N+]c1cccc(C(C)C)c1. The molecule has 0 fully saturated rings. The van der Waals surface area contributed by atoms with Gasteiger partial charge in [0, 0.05) is 67.4 Å². The Labute approximate surface area is 828 Å². The molecule has 12 nitrogen and oxygen atoms in total. The van der Waals surface area contributed by atoms with E-state index in [1.807, 2.05) is 170 Å². The van der Waals surface area contributed by atoms with Crippen molar-refractivity contribution in [3.05, 3.63) is 323 Å². The lowest BCUT2D eigenvalue weighted by atomic mass is 9.98. The van der Waals surface area contributed by atoms with Gasteiger partial charge < -0.3 is 9.72 Å². The number of nitriles is 1. The molecule has 15 heteroatoms. The van der Waals surface area contributed by atoms with Gasteiger partial charge in [-0.25, -0.2) is 24.6 Å². The second-order valence-corrected chi connectivity index (χ2v) is 34.8. The molecule has 132 heavy (non-hydrogen) atoms. The van der Waals surface area contributed by atoms with E-state index in [2.05, 4.69) is 340 Å². The van der Waals surface area contributed by atoms with Crippen LogP contribution >= 0.6 is 34.8 Å². The van der Waals surface area contributed by atoms with Crippen LogP contribution in [-0.4, -0.2) is 42.0 Å². The lowest BCUT2D eigenvalue weighted by Gasteiger charge is -2.05.